The summed E-state index contributed by atoms with van der Waals surface area (Å²) in [7, 11) is 0. The maximum Gasteiger partial charge on any atom is 0.168 e. The number of aromatic nitrogens is 2. The van der Waals surface area contributed by atoms with E-state index in [9.17, 15) is 0 Å². The summed E-state index contributed by atoms with van der Waals surface area (Å²) in [6.45, 7) is 1.62. The lowest BCUT2D eigenvalue weighted by molar-refractivity contribution is 0.0662. The van der Waals surface area contributed by atoms with E-state index >= 15 is 0 Å². The van der Waals surface area contributed by atoms with Crippen LogP contribution >= 0.6 is 12.2 Å². The second kappa shape index (κ2) is 4.59. The van der Waals surface area contributed by atoms with Crippen LogP contribution in [0.25, 0.3) is 0 Å². The Morgan fingerprint density at radius 2 is 2.33 bits per heavy atom. The average molecular weight is 226 g/mol. The molecule has 1 aliphatic heterocycles. The molecule has 82 valence electrons. The van der Waals surface area contributed by atoms with Gasteiger partial charge in [-0.3, -0.25) is 4.68 Å². The summed E-state index contributed by atoms with van der Waals surface area (Å²) in [5, 5.41) is 7.40. The summed E-state index contributed by atoms with van der Waals surface area (Å²) < 4.78 is 7.24. The van der Waals surface area contributed by atoms with E-state index < -0.39 is 0 Å². The van der Waals surface area contributed by atoms with Crippen LogP contribution in [0.5, 0.6) is 0 Å². The molecule has 15 heavy (non-hydrogen) atoms. The first kappa shape index (κ1) is 10.4. The Balaban J connectivity index is 2.02. The number of nitrogens with zero attached hydrogens (tertiary/aromatic N) is 2. The monoisotopic (exact) mass is 226 g/mol. The lowest BCUT2D eigenvalue weighted by atomic mass is 10.1. The highest BCUT2D eigenvalue weighted by atomic mass is 32.1. The number of rotatable bonds is 2. The third-order valence-corrected chi connectivity index (χ3v) is 2.54. The largest absolute Gasteiger partial charge is 0.381 e. The number of hydrogen-bond donors (Lipinski definition) is 2. The second-order valence-electron chi connectivity index (χ2n) is 3.54. The molecule has 3 N–H and O–H groups in total. The molecule has 0 aliphatic carbocycles. The zero-order valence-corrected chi connectivity index (χ0v) is 9.17. The number of thiocarbonyl (C=S) groups is 1. The van der Waals surface area contributed by atoms with Crippen LogP contribution in [0.3, 0.4) is 0 Å². The predicted molar refractivity (Wildman–Crippen MR) is 61.7 cm³/mol. The highest BCUT2D eigenvalue weighted by Gasteiger charge is 2.16. The molecular weight excluding hydrogens is 212 g/mol. The van der Waals surface area contributed by atoms with Crippen molar-refractivity contribution in [1.82, 2.24) is 9.78 Å². The molecule has 1 saturated heterocycles. The fraction of sp³-hybridized carbons (Fsp3) is 0.556. The van der Waals surface area contributed by atoms with Gasteiger partial charge < -0.3 is 15.8 Å². The van der Waals surface area contributed by atoms with Crippen molar-refractivity contribution in [2.75, 3.05) is 18.5 Å². The Morgan fingerprint density at radius 1 is 1.60 bits per heavy atom. The van der Waals surface area contributed by atoms with E-state index in [2.05, 4.69) is 10.4 Å². The summed E-state index contributed by atoms with van der Waals surface area (Å²) in [4.78, 5) is 0. The summed E-state index contributed by atoms with van der Waals surface area (Å²) >= 11 is 4.75. The first-order valence-corrected chi connectivity index (χ1v) is 5.35. The Kier molecular flexibility index (Phi) is 3.17. The van der Waals surface area contributed by atoms with Gasteiger partial charge in [-0.1, -0.05) is 0 Å². The minimum Gasteiger partial charge on any atom is -0.381 e. The molecular formula is C9H14N4OS. The molecule has 0 atom stereocenters. The van der Waals surface area contributed by atoms with E-state index in [4.69, 9.17) is 22.7 Å². The van der Waals surface area contributed by atoms with E-state index in [0.717, 1.165) is 31.7 Å². The van der Waals surface area contributed by atoms with E-state index in [1.165, 1.54) is 0 Å². The van der Waals surface area contributed by atoms with Gasteiger partial charge in [-0.25, -0.2) is 0 Å². The van der Waals surface area contributed by atoms with Crippen molar-refractivity contribution in [1.29, 1.82) is 0 Å². The topological polar surface area (TPSA) is 65.1 Å². The van der Waals surface area contributed by atoms with Crippen LogP contribution in [0.1, 0.15) is 18.9 Å². The maximum absolute atomic E-state index is 5.38. The molecule has 0 saturated carbocycles. The van der Waals surface area contributed by atoms with Crippen molar-refractivity contribution in [3.8, 4) is 0 Å². The van der Waals surface area contributed by atoms with Crippen LogP contribution in [-0.2, 0) is 4.74 Å². The van der Waals surface area contributed by atoms with E-state index in [-0.39, 0.29) is 5.11 Å². The molecule has 2 heterocycles. The van der Waals surface area contributed by atoms with E-state index in [0.29, 0.717) is 6.04 Å². The van der Waals surface area contributed by atoms with Gasteiger partial charge in [0, 0.05) is 19.4 Å². The van der Waals surface area contributed by atoms with Gasteiger partial charge in [-0.15, -0.1) is 0 Å². The van der Waals surface area contributed by atoms with E-state index in [1.807, 2.05) is 10.9 Å². The lowest BCUT2D eigenvalue weighted by Gasteiger charge is -2.22. The van der Waals surface area contributed by atoms with Gasteiger partial charge in [0.25, 0.3) is 0 Å². The fourth-order valence-electron chi connectivity index (χ4n) is 1.69. The summed E-state index contributed by atoms with van der Waals surface area (Å²) in [5.74, 6) is 0. The first-order chi connectivity index (χ1) is 7.25. The van der Waals surface area contributed by atoms with E-state index in [1.54, 1.807) is 6.20 Å². The Labute approximate surface area is 93.6 Å². The van der Waals surface area contributed by atoms with Crippen molar-refractivity contribution in [3.05, 3.63) is 12.4 Å². The molecule has 0 amide bonds. The highest BCUT2D eigenvalue weighted by Crippen LogP contribution is 2.21. The molecule has 1 aromatic heterocycles. The second-order valence-corrected chi connectivity index (χ2v) is 3.98. The molecule has 0 radical (unpaired) electrons. The highest BCUT2D eigenvalue weighted by molar-refractivity contribution is 7.80. The molecule has 0 aromatic carbocycles. The minimum atomic E-state index is 0.265. The minimum absolute atomic E-state index is 0.265. The van der Waals surface area contributed by atoms with Crippen molar-refractivity contribution >= 4 is 23.0 Å². The third kappa shape index (κ3) is 2.66. The summed E-state index contributed by atoms with van der Waals surface area (Å²) in [5.41, 5.74) is 6.22. The van der Waals surface area contributed by atoms with Gasteiger partial charge >= 0.3 is 0 Å². The normalized spacial score (nSPS) is 17.6. The number of nitrogens with two attached hydrogens (primary N) is 1. The fourth-order valence-corrected chi connectivity index (χ4v) is 1.81. The first-order valence-electron chi connectivity index (χ1n) is 4.94. The Morgan fingerprint density at radius 3 is 3.00 bits per heavy atom. The molecule has 1 aliphatic rings. The number of anilines is 1. The van der Waals surface area contributed by atoms with Crippen LogP contribution in [0.15, 0.2) is 12.4 Å². The van der Waals surface area contributed by atoms with Gasteiger partial charge in [-0.2, -0.15) is 5.10 Å². The number of ether oxygens (including phenoxy) is 1. The van der Waals surface area contributed by atoms with Crippen LogP contribution in [0.2, 0.25) is 0 Å². The molecule has 0 spiro atoms. The van der Waals surface area contributed by atoms with Crippen molar-refractivity contribution in [2.45, 2.75) is 18.9 Å². The van der Waals surface area contributed by atoms with Crippen molar-refractivity contribution in [3.63, 3.8) is 0 Å². The smallest absolute Gasteiger partial charge is 0.168 e. The molecule has 0 bridgehead atoms. The molecule has 6 heteroatoms. The number of nitrogens with one attached hydrogen (secondary N) is 1. The molecule has 5 nitrogen and oxygen atoms in total. The Hall–Kier alpha value is -1.14. The van der Waals surface area contributed by atoms with Crippen LogP contribution in [0, 0.1) is 0 Å². The van der Waals surface area contributed by atoms with Crippen LogP contribution in [-0.4, -0.2) is 28.1 Å². The van der Waals surface area contributed by atoms with Gasteiger partial charge in [0.15, 0.2) is 5.11 Å². The van der Waals surface area contributed by atoms with Crippen LogP contribution in [0.4, 0.5) is 5.69 Å². The quantitative estimate of drug-likeness (QED) is 0.733. The zero-order chi connectivity index (χ0) is 10.7. The van der Waals surface area contributed by atoms with Gasteiger partial charge in [0.1, 0.15) is 0 Å². The molecule has 0 unspecified atom stereocenters. The summed E-state index contributed by atoms with van der Waals surface area (Å²) in [6, 6.07) is 0.431. The van der Waals surface area contributed by atoms with Gasteiger partial charge in [0.05, 0.1) is 17.9 Å². The lowest BCUT2D eigenvalue weighted by Crippen LogP contribution is -2.20. The maximum atomic E-state index is 5.38. The number of hydrogen-bond acceptors (Lipinski definition) is 3. The standard InChI is InChI=1S/C9H14N4OS/c10-9(15)12-7-5-11-13(6-7)8-1-3-14-4-2-8/h5-6,8H,1-4H2,(H3,10,12,15). The van der Waals surface area contributed by atoms with Crippen molar-refractivity contribution < 1.29 is 4.74 Å². The average Bonchev–Trinajstić information content (AvgIpc) is 2.67. The van der Waals surface area contributed by atoms with Gasteiger partial charge in [-0.05, 0) is 25.1 Å². The van der Waals surface area contributed by atoms with Gasteiger partial charge in [0.2, 0.25) is 0 Å². The summed E-state index contributed by atoms with van der Waals surface area (Å²) in [6.07, 6.45) is 5.67. The zero-order valence-electron chi connectivity index (χ0n) is 8.35. The SMILES string of the molecule is NC(=S)Nc1cnn(C2CCOCC2)c1. The molecule has 1 fully saturated rings. The van der Waals surface area contributed by atoms with Crippen LogP contribution < -0.4 is 11.1 Å². The molecule has 1 aromatic rings. The Bertz CT molecular complexity index is 346. The molecule has 2 rings (SSSR count). The predicted octanol–water partition coefficient (Wildman–Crippen LogP) is 0.890. The third-order valence-electron chi connectivity index (χ3n) is 2.43. The van der Waals surface area contributed by atoms with Crippen molar-refractivity contribution in [2.24, 2.45) is 5.73 Å².